The van der Waals surface area contributed by atoms with Gasteiger partial charge in [0.2, 0.25) is 0 Å². The fourth-order valence-electron chi connectivity index (χ4n) is 2.35. The number of hydrogen-bond donors (Lipinski definition) is 3. The van der Waals surface area contributed by atoms with Crippen LogP contribution in [-0.2, 0) is 11.2 Å². The lowest BCUT2D eigenvalue weighted by Gasteiger charge is -2.32. The number of rotatable bonds is 5. The zero-order valence-corrected chi connectivity index (χ0v) is 13.8. The van der Waals surface area contributed by atoms with E-state index in [4.69, 9.17) is 16.3 Å². The van der Waals surface area contributed by atoms with Crippen LogP contribution in [0.15, 0.2) is 0 Å². The average molecular weight is 337 g/mol. The Bertz CT molecular complexity index is 465. The molecule has 0 aromatic carbocycles. The number of halogens is 2. The zero-order chi connectivity index (χ0) is 14.5. The minimum atomic E-state index is -0.233. The van der Waals surface area contributed by atoms with E-state index in [9.17, 15) is 4.79 Å². The number of aromatic nitrogens is 2. The van der Waals surface area contributed by atoms with Gasteiger partial charge >= 0.3 is 0 Å². The van der Waals surface area contributed by atoms with Crippen LogP contribution in [0, 0.1) is 0 Å². The smallest absolute Gasteiger partial charge is 0.287 e. The first-order chi connectivity index (χ1) is 9.65. The Morgan fingerprint density at radius 3 is 2.90 bits per heavy atom. The summed E-state index contributed by atoms with van der Waals surface area (Å²) in [6.07, 6.45) is 1.55. The first-order valence-corrected chi connectivity index (χ1v) is 7.41. The van der Waals surface area contributed by atoms with Gasteiger partial charge in [0.25, 0.3) is 5.91 Å². The van der Waals surface area contributed by atoms with Gasteiger partial charge in [-0.15, -0.1) is 12.4 Å². The van der Waals surface area contributed by atoms with Crippen molar-refractivity contribution in [3.63, 3.8) is 0 Å². The van der Waals surface area contributed by atoms with Crippen molar-refractivity contribution in [3.8, 4) is 0 Å². The molecule has 1 saturated heterocycles. The highest BCUT2D eigenvalue weighted by Gasteiger charge is 2.28. The standard InChI is InChI=1S/C13H21ClN4O2.ClH/c1-3-8-11(14)18-12(16-8)13(19)17-9-5-6-15-7-10(9)20-4-2;/h9-10,15H,3-7H2,1-2H3,(H,16,18)(H,17,19);1H/t9-,10+;/m1./s1. The molecule has 2 atom stereocenters. The summed E-state index contributed by atoms with van der Waals surface area (Å²) in [5.74, 6) is 0.0313. The number of carbonyl (C=O) groups is 1. The number of imidazole rings is 1. The third-order valence-electron chi connectivity index (χ3n) is 3.42. The van der Waals surface area contributed by atoms with Gasteiger partial charge in [0.1, 0.15) is 0 Å². The molecule has 2 rings (SSSR count). The lowest BCUT2D eigenvalue weighted by atomic mass is 10.0. The van der Waals surface area contributed by atoms with Gasteiger partial charge in [0.05, 0.1) is 17.8 Å². The second-order valence-electron chi connectivity index (χ2n) is 4.77. The number of nitrogens with zero attached hydrogens (tertiary/aromatic N) is 1. The van der Waals surface area contributed by atoms with Crippen molar-refractivity contribution in [1.82, 2.24) is 20.6 Å². The van der Waals surface area contributed by atoms with Gasteiger partial charge in [-0.25, -0.2) is 4.98 Å². The second kappa shape index (κ2) is 8.58. The van der Waals surface area contributed by atoms with E-state index in [0.29, 0.717) is 18.2 Å². The summed E-state index contributed by atoms with van der Waals surface area (Å²) in [6, 6.07) is -0.00217. The SMILES string of the molecule is CCO[C@H]1CNCC[C@H]1NC(=O)c1nc(Cl)c(CC)[nH]1.Cl. The Morgan fingerprint density at radius 1 is 1.52 bits per heavy atom. The summed E-state index contributed by atoms with van der Waals surface area (Å²) in [4.78, 5) is 19.2. The van der Waals surface area contributed by atoms with Crippen molar-refractivity contribution in [2.75, 3.05) is 19.7 Å². The average Bonchev–Trinajstić information content (AvgIpc) is 2.82. The minimum Gasteiger partial charge on any atom is -0.375 e. The maximum atomic E-state index is 12.2. The van der Waals surface area contributed by atoms with Gasteiger partial charge in [-0.05, 0) is 26.3 Å². The van der Waals surface area contributed by atoms with Gasteiger partial charge < -0.3 is 20.4 Å². The van der Waals surface area contributed by atoms with E-state index in [2.05, 4.69) is 20.6 Å². The minimum absolute atomic E-state index is 0. The van der Waals surface area contributed by atoms with Crippen LogP contribution in [0.1, 0.15) is 36.6 Å². The number of ether oxygens (including phenoxy) is 1. The van der Waals surface area contributed by atoms with Gasteiger partial charge in [0, 0.05) is 13.2 Å². The Hall–Kier alpha value is -0.820. The third kappa shape index (κ3) is 4.57. The van der Waals surface area contributed by atoms with Crippen LogP contribution < -0.4 is 10.6 Å². The van der Waals surface area contributed by atoms with Crippen LogP contribution in [0.5, 0.6) is 0 Å². The molecule has 0 spiro atoms. The highest BCUT2D eigenvalue weighted by Crippen LogP contribution is 2.14. The lowest BCUT2D eigenvalue weighted by molar-refractivity contribution is 0.0207. The predicted molar refractivity (Wildman–Crippen MR) is 84.4 cm³/mol. The van der Waals surface area contributed by atoms with Crippen molar-refractivity contribution in [1.29, 1.82) is 0 Å². The fourth-order valence-corrected chi connectivity index (χ4v) is 2.62. The quantitative estimate of drug-likeness (QED) is 0.762. The molecule has 0 saturated carbocycles. The highest BCUT2D eigenvalue weighted by molar-refractivity contribution is 6.30. The Balaban J connectivity index is 0.00000220. The fraction of sp³-hybridized carbons (Fsp3) is 0.692. The molecule has 6 nitrogen and oxygen atoms in total. The molecule has 3 N–H and O–H groups in total. The van der Waals surface area contributed by atoms with Crippen molar-refractivity contribution >= 4 is 29.9 Å². The molecule has 1 aromatic rings. The van der Waals surface area contributed by atoms with Gasteiger partial charge in [-0.1, -0.05) is 18.5 Å². The van der Waals surface area contributed by atoms with Crippen LogP contribution in [0.25, 0.3) is 0 Å². The molecule has 1 aliphatic heterocycles. The van der Waals surface area contributed by atoms with E-state index >= 15 is 0 Å². The molecule has 8 heteroatoms. The molecule has 1 fully saturated rings. The number of nitrogens with one attached hydrogen (secondary N) is 3. The molecule has 21 heavy (non-hydrogen) atoms. The highest BCUT2D eigenvalue weighted by atomic mass is 35.5. The summed E-state index contributed by atoms with van der Waals surface area (Å²) in [5, 5.41) is 6.61. The topological polar surface area (TPSA) is 79.0 Å². The number of amides is 1. The van der Waals surface area contributed by atoms with E-state index in [1.807, 2.05) is 13.8 Å². The third-order valence-corrected chi connectivity index (χ3v) is 3.73. The maximum Gasteiger partial charge on any atom is 0.287 e. The number of carbonyl (C=O) groups excluding carboxylic acids is 1. The summed E-state index contributed by atoms with van der Waals surface area (Å²) in [5.41, 5.74) is 0.781. The molecule has 0 aliphatic carbocycles. The molecule has 0 bridgehead atoms. The molecule has 120 valence electrons. The number of aryl methyl sites for hydroxylation is 1. The van der Waals surface area contributed by atoms with Gasteiger partial charge in [-0.2, -0.15) is 0 Å². The molecular formula is C13H22Cl2N4O2. The van der Waals surface area contributed by atoms with E-state index in [-0.39, 0.29) is 36.3 Å². The van der Waals surface area contributed by atoms with Crippen molar-refractivity contribution in [2.24, 2.45) is 0 Å². The van der Waals surface area contributed by atoms with Crippen LogP contribution in [0.3, 0.4) is 0 Å². The zero-order valence-electron chi connectivity index (χ0n) is 12.2. The number of H-pyrrole nitrogens is 1. The molecule has 0 radical (unpaired) electrons. The van der Waals surface area contributed by atoms with E-state index < -0.39 is 0 Å². The summed E-state index contributed by atoms with van der Waals surface area (Å²) in [6.45, 7) is 6.16. The molecule has 1 aromatic heterocycles. The molecule has 1 aliphatic rings. The monoisotopic (exact) mass is 336 g/mol. The predicted octanol–water partition coefficient (Wildman–Crippen LogP) is 1.54. The Morgan fingerprint density at radius 2 is 2.29 bits per heavy atom. The second-order valence-corrected chi connectivity index (χ2v) is 5.13. The van der Waals surface area contributed by atoms with Gasteiger partial charge in [0.15, 0.2) is 11.0 Å². The first kappa shape index (κ1) is 18.2. The Kier molecular flexibility index (Phi) is 7.45. The van der Waals surface area contributed by atoms with Crippen LogP contribution in [-0.4, -0.2) is 47.7 Å². The van der Waals surface area contributed by atoms with E-state index in [1.54, 1.807) is 0 Å². The van der Waals surface area contributed by atoms with Crippen LogP contribution >= 0.6 is 24.0 Å². The molecule has 0 unspecified atom stereocenters. The number of aromatic amines is 1. The first-order valence-electron chi connectivity index (χ1n) is 7.03. The largest absolute Gasteiger partial charge is 0.375 e. The lowest BCUT2D eigenvalue weighted by Crippen LogP contribution is -2.54. The number of hydrogen-bond acceptors (Lipinski definition) is 4. The van der Waals surface area contributed by atoms with Crippen LogP contribution in [0.4, 0.5) is 0 Å². The Labute approximate surface area is 135 Å². The summed E-state index contributed by atoms with van der Waals surface area (Å²) < 4.78 is 5.65. The van der Waals surface area contributed by atoms with Crippen molar-refractivity contribution < 1.29 is 9.53 Å². The van der Waals surface area contributed by atoms with Crippen molar-refractivity contribution in [3.05, 3.63) is 16.7 Å². The molecule has 2 heterocycles. The van der Waals surface area contributed by atoms with Crippen LogP contribution in [0.2, 0.25) is 5.15 Å². The summed E-state index contributed by atoms with van der Waals surface area (Å²) in [7, 11) is 0. The maximum absolute atomic E-state index is 12.2. The van der Waals surface area contributed by atoms with Gasteiger partial charge in [-0.3, -0.25) is 4.79 Å². The number of piperidine rings is 1. The molecular weight excluding hydrogens is 315 g/mol. The van der Waals surface area contributed by atoms with E-state index in [1.165, 1.54) is 0 Å². The summed E-state index contributed by atoms with van der Waals surface area (Å²) >= 11 is 5.95. The normalized spacial score (nSPS) is 21.7. The van der Waals surface area contributed by atoms with E-state index in [0.717, 1.165) is 25.2 Å². The van der Waals surface area contributed by atoms with Crippen molar-refractivity contribution in [2.45, 2.75) is 38.8 Å². The molecule has 1 amide bonds.